The number of carbonyl (C=O) groups excluding carboxylic acids is 2. The second-order valence-electron chi connectivity index (χ2n) is 9.22. The summed E-state index contributed by atoms with van der Waals surface area (Å²) < 4.78 is 26.8. The summed E-state index contributed by atoms with van der Waals surface area (Å²) in [5, 5.41) is 3.44. The maximum Gasteiger partial charge on any atom is 0.244 e. The van der Waals surface area contributed by atoms with Crippen LogP contribution in [-0.2, 0) is 26.2 Å². The number of sulfonamides is 1. The molecule has 2 amide bonds. The van der Waals surface area contributed by atoms with Crippen molar-refractivity contribution in [3.05, 3.63) is 64.7 Å². The van der Waals surface area contributed by atoms with Crippen LogP contribution >= 0.6 is 11.6 Å². The number of para-hydroxylation sites is 1. The average molecular weight is 522 g/mol. The van der Waals surface area contributed by atoms with Crippen LogP contribution in [0.2, 0.25) is 5.02 Å². The van der Waals surface area contributed by atoms with Crippen molar-refractivity contribution in [2.45, 2.75) is 65.6 Å². The molecule has 0 saturated carbocycles. The quantitative estimate of drug-likeness (QED) is 0.469. The lowest BCUT2D eigenvalue weighted by Gasteiger charge is -2.33. The average Bonchev–Trinajstić information content (AvgIpc) is 2.77. The van der Waals surface area contributed by atoms with E-state index >= 15 is 0 Å². The van der Waals surface area contributed by atoms with Gasteiger partial charge in [-0.25, -0.2) is 8.42 Å². The number of rotatable bonds is 11. The Morgan fingerprint density at radius 1 is 1.00 bits per heavy atom. The Kier molecular flexibility index (Phi) is 10.2. The number of hydrogen-bond acceptors (Lipinski definition) is 4. The Balaban J connectivity index is 2.50. The van der Waals surface area contributed by atoms with Crippen molar-refractivity contribution in [3.8, 4) is 0 Å². The summed E-state index contributed by atoms with van der Waals surface area (Å²) in [6.07, 6.45) is 1.46. The van der Waals surface area contributed by atoms with Crippen molar-refractivity contribution in [1.82, 2.24) is 10.2 Å². The molecule has 7 nitrogen and oxygen atoms in total. The van der Waals surface area contributed by atoms with E-state index in [1.54, 1.807) is 36.4 Å². The topological polar surface area (TPSA) is 86.8 Å². The van der Waals surface area contributed by atoms with E-state index in [0.717, 1.165) is 21.7 Å². The molecule has 2 aromatic rings. The number of anilines is 1. The molecule has 1 N–H and O–H groups in total. The van der Waals surface area contributed by atoms with Crippen molar-refractivity contribution < 1.29 is 18.0 Å². The van der Waals surface area contributed by atoms with Crippen molar-refractivity contribution in [1.29, 1.82) is 0 Å². The summed E-state index contributed by atoms with van der Waals surface area (Å²) in [7, 11) is -3.78. The van der Waals surface area contributed by atoms with Gasteiger partial charge in [-0.2, -0.15) is 0 Å². The summed E-state index contributed by atoms with van der Waals surface area (Å²) in [5.41, 5.74) is 2.07. The molecule has 2 aromatic carbocycles. The van der Waals surface area contributed by atoms with Crippen LogP contribution < -0.4 is 9.62 Å². The fourth-order valence-electron chi connectivity index (χ4n) is 3.88. The van der Waals surface area contributed by atoms with Crippen LogP contribution in [-0.4, -0.2) is 50.0 Å². The molecular weight excluding hydrogens is 486 g/mol. The standard InChI is InChI=1S/C26H36ClN3O4S/c1-7-23(26(32)28-19(4)5)29(16-20-12-14-21(27)15-13-20)25(31)17-30(35(6,33)34)24-11-9-8-10-22(24)18(2)3/h8-15,18-19,23H,7,16-17H2,1-6H3,(H,28,32). The van der Waals surface area contributed by atoms with Crippen LogP contribution in [0, 0.1) is 0 Å². The Hall–Kier alpha value is -2.58. The normalized spacial score (nSPS) is 12.5. The number of hydrogen-bond donors (Lipinski definition) is 1. The van der Waals surface area contributed by atoms with Gasteiger partial charge in [0.2, 0.25) is 21.8 Å². The minimum atomic E-state index is -3.78. The second-order valence-corrected chi connectivity index (χ2v) is 11.6. The molecule has 1 unspecified atom stereocenters. The highest BCUT2D eigenvalue weighted by Gasteiger charge is 2.32. The van der Waals surface area contributed by atoms with Gasteiger partial charge in [0.15, 0.2) is 0 Å². The van der Waals surface area contributed by atoms with Gasteiger partial charge >= 0.3 is 0 Å². The summed E-state index contributed by atoms with van der Waals surface area (Å²) in [4.78, 5) is 28.2. The lowest BCUT2D eigenvalue weighted by atomic mass is 10.0. The zero-order valence-corrected chi connectivity index (χ0v) is 22.9. The van der Waals surface area contributed by atoms with Gasteiger partial charge < -0.3 is 10.2 Å². The number of nitrogens with zero attached hydrogens (tertiary/aromatic N) is 2. The fourth-order valence-corrected chi connectivity index (χ4v) is 4.88. The smallest absolute Gasteiger partial charge is 0.244 e. The molecule has 0 aliphatic carbocycles. The third kappa shape index (κ3) is 7.97. The molecule has 9 heteroatoms. The van der Waals surface area contributed by atoms with Crippen LogP contribution in [0.1, 0.15) is 58.1 Å². The van der Waals surface area contributed by atoms with E-state index in [0.29, 0.717) is 17.1 Å². The van der Waals surface area contributed by atoms with E-state index in [1.165, 1.54) is 4.90 Å². The van der Waals surface area contributed by atoms with Crippen LogP contribution in [0.5, 0.6) is 0 Å². The van der Waals surface area contributed by atoms with E-state index in [4.69, 9.17) is 11.6 Å². The van der Waals surface area contributed by atoms with Gasteiger partial charge in [-0.15, -0.1) is 0 Å². The molecule has 0 radical (unpaired) electrons. The molecule has 0 saturated heterocycles. The fraction of sp³-hybridized carbons (Fsp3) is 0.462. The van der Waals surface area contributed by atoms with Crippen LogP contribution in [0.15, 0.2) is 48.5 Å². The highest BCUT2D eigenvalue weighted by molar-refractivity contribution is 7.92. The number of halogens is 1. The number of carbonyl (C=O) groups is 2. The molecule has 0 aliphatic heterocycles. The first-order chi connectivity index (χ1) is 16.3. The molecule has 0 aliphatic rings. The minimum absolute atomic E-state index is 0.0518. The molecule has 0 fully saturated rings. The van der Waals surface area contributed by atoms with E-state index in [1.807, 2.05) is 46.8 Å². The van der Waals surface area contributed by atoms with E-state index in [9.17, 15) is 18.0 Å². The lowest BCUT2D eigenvalue weighted by molar-refractivity contribution is -0.140. The summed E-state index contributed by atoms with van der Waals surface area (Å²) in [5.74, 6) is -0.691. The van der Waals surface area contributed by atoms with E-state index in [2.05, 4.69) is 5.32 Å². The van der Waals surface area contributed by atoms with Crippen molar-refractivity contribution in [2.75, 3.05) is 17.1 Å². The lowest BCUT2D eigenvalue weighted by Crippen LogP contribution is -2.53. The molecule has 0 aromatic heterocycles. The third-order valence-corrected chi connectivity index (χ3v) is 6.97. The predicted molar refractivity (Wildman–Crippen MR) is 142 cm³/mol. The Bertz CT molecular complexity index is 1120. The number of benzene rings is 2. The second kappa shape index (κ2) is 12.4. The maximum absolute atomic E-state index is 13.7. The zero-order chi connectivity index (χ0) is 26.3. The monoisotopic (exact) mass is 521 g/mol. The van der Waals surface area contributed by atoms with Gasteiger partial charge in [-0.3, -0.25) is 13.9 Å². The van der Waals surface area contributed by atoms with Gasteiger partial charge in [0.25, 0.3) is 0 Å². The summed E-state index contributed by atoms with van der Waals surface area (Å²) in [6.45, 7) is 9.20. The van der Waals surface area contributed by atoms with Crippen molar-refractivity contribution in [3.63, 3.8) is 0 Å². The Morgan fingerprint density at radius 2 is 1.60 bits per heavy atom. The van der Waals surface area contributed by atoms with Crippen molar-refractivity contribution >= 4 is 39.1 Å². The van der Waals surface area contributed by atoms with E-state index < -0.39 is 28.5 Å². The molecule has 1 atom stereocenters. The zero-order valence-electron chi connectivity index (χ0n) is 21.3. The maximum atomic E-state index is 13.7. The Labute approximate surface area is 214 Å². The molecular formula is C26H36ClN3O4S. The SMILES string of the molecule is CCC(C(=O)NC(C)C)N(Cc1ccc(Cl)cc1)C(=O)CN(c1ccccc1C(C)C)S(C)(=O)=O. The van der Waals surface area contributed by atoms with Gasteiger partial charge in [-0.1, -0.05) is 62.7 Å². The van der Waals surface area contributed by atoms with Gasteiger partial charge in [0.05, 0.1) is 11.9 Å². The molecule has 0 bridgehead atoms. The van der Waals surface area contributed by atoms with Crippen LogP contribution in [0.25, 0.3) is 0 Å². The van der Waals surface area contributed by atoms with E-state index in [-0.39, 0.29) is 24.4 Å². The minimum Gasteiger partial charge on any atom is -0.352 e. The molecule has 0 heterocycles. The summed E-state index contributed by atoms with van der Waals surface area (Å²) in [6, 6.07) is 13.3. The first-order valence-corrected chi connectivity index (χ1v) is 14.0. The molecule has 35 heavy (non-hydrogen) atoms. The largest absolute Gasteiger partial charge is 0.352 e. The first-order valence-electron chi connectivity index (χ1n) is 11.8. The van der Waals surface area contributed by atoms with Gasteiger partial charge in [0, 0.05) is 17.6 Å². The highest BCUT2D eigenvalue weighted by Crippen LogP contribution is 2.29. The summed E-state index contributed by atoms with van der Waals surface area (Å²) >= 11 is 6.02. The highest BCUT2D eigenvalue weighted by atomic mass is 35.5. The molecule has 192 valence electrons. The van der Waals surface area contributed by atoms with Crippen LogP contribution in [0.4, 0.5) is 5.69 Å². The van der Waals surface area contributed by atoms with Crippen LogP contribution in [0.3, 0.4) is 0 Å². The van der Waals surface area contributed by atoms with Gasteiger partial charge in [0.1, 0.15) is 12.6 Å². The number of amides is 2. The first kappa shape index (κ1) is 28.7. The van der Waals surface area contributed by atoms with Crippen molar-refractivity contribution in [2.24, 2.45) is 0 Å². The third-order valence-electron chi connectivity index (χ3n) is 5.59. The molecule has 2 rings (SSSR count). The number of nitrogens with one attached hydrogen (secondary N) is 1. The predicted octanol–water partition coefficient (Wildman–Crippen LogP) is 4.56. The molecule has 0 spiro atoms. The Morgan fingerprint density at radius 3 is 2.11 bits per heavy atom. The van der Waals surface area contributed by atoms with Gasteiger partial charge in [-0.05, 0) is 55.5 Å².